The molecule has 0 aliphatic rings. The molecule has 0 aliphatic carbocycles. The first-order chi connectivity index (χ1) is 9.24. The molecule has 0 saturated carbocycles. The number of carbonyl (C=O) groups is 1. The molecule has 0 aromatic heterocycles. The summed E-state index contributed by atoms with van der Waals surface area (Å²) in [5.41, 5.74) is 2.61. The van der Waals surface area contributed by atoms with Crippen molar-refractivity contribution in [3.05, 3.63) is 54.1 Å². The fraction of sp³-hybridized carbons (Fsp3) is 0.353. The van der Waals surface area contributed by atoms with E-state index in [-0.39, 0.29) is 5.97 Å². The number of rotatable bonds is 8. The Hall–Kier alpha value is -1.83. The quantitative estimate of drug-likeness (QED) is 0.397. The standard InChI is InChI=1S/C17H22O2/c1-3-4-10-16-12-7-8-13-17(16)11-6-5-9-14-19-15(2)18/h3-4,7-8,10,12-13H,1,5-6,9,11,14H2,2H3/b10-4+. The highest BCUT2D eigenvalue weighted by molar-refractivity contribution is 5.65. The minimum absolute atomic E-state index is 0.195. The van der Waals surface area contributed by atoms with E-state index in [9.17, 15) is 4.79 Å². The lowest BCUT2D eigenvalue weighted by Crippen LogP contribution is -2.00. The molecule has 0 unspecified atom stereocenters. The van der Waals surface area contributed by atoms with Gasteiger partial charge in [-0.05, 0) is 36.8 Å². The van der Waals surface area contributed by atoms with Gasteiger partial charge in [-0.15, -0.1) is 0 Å². The molecule has 0 spiro atoms. The molecular formula is C17H22O2. The van der Waals surface area contributed by atoms with Crippen molar-refractivity contribution in [3.8, 4) is 0 Å². The Morgan fingerprint density at radius 2 is 2.05 bits per heavy atom. The molecule has 2 nitrogen and oxygen atoms in total. The molecule has 0 aliphatic heterocycles. The Morgan fingerprint density at radius 1 is 1.26 bits per heavy atom. The van der Waals surface area contributed by atoms with Crippen LogP contribution in [0.1, 0.15) is 37.3 Å². The van der Waals surface area contributed by atoms with E-state index in [1.165, 1.54) is 18.1 Å². The minimum Gasteiger partial charge on any atom is -0.466 e. The first kappa shape index (κ1) is 15.2. The van der Waals surface area contributed by atoms with Gasteiger partial charge in [0.15, 0.2) is 0 Å². The molecular weight excluding hydrogens is 236 g/mol. The summed E-state index contributed by atoms with van der Waals surface area (Å²) < 4.78 is 4.91. The Morgan fingerprint density at radius 3 is 2.79 bits per heavy atom. The molecule has 1 aromatic rings. The third-order valence-electron chi connectivity index (χ3n) is 2.86. The summed E-state index contributed by atoms with van der Waals surface area (Å²) in [5.74, 6) is -0.195. The van der Waals surface area contributed by atoms with Crippen molar-refractivity contribution in [2.75, 3.05) is 6.61 Å². The summed E-state index contributed by atoms with van der Waals surface area (Å²) in [6.07, 6.45) is 10.0. The van der Waals surface area contributed by atoms with Crippen molar-refractivity contribution < 1.29 is 9.53 Å². The first-order valence-corrected chi connectivity index (χ1v) is 6.74. The number of aryl methyl sites for hydroxylation is 1. The average molecular weight is 258 g/mol. The number of allylic oxidation sites excluding steroid dienone is 2. The summed E-state index contributed by atoms with van der Waals surface area (Å²) in [4.78, 5) is 10.6. The number of unbranched alkanes of at least 4 members (excludes halogenated alkanes) is 2. The summed E-state index contributed by atoms with van der Waals surface area (Å²) in [6.45, 7) is 5.67. The normalized spacial score (nSPS) is 10.6. The molecule has 0 fully saturated rings. The lowest BCUT2D eigenvalue weighted by molar-refractivity contribution is -0.141. The van der Waals surface area contributed by atoms with Crippen LogP contribution >= 0.6 is 0 Å². The van der Waals surface area contributed by atoms with E-state index in [4.69, 9.17) is 4.74 Å². The highest BCUT2D eigenvalue weighted by atomic mass is 16.5. The average Bonchev–Trinajstić information content (AvgIpc) is 2.41. The number of benzene rings is 1. The van der Waals surface area contributed by atoms with E-state index < -0.39 is 0 Å². The van der Waals surface area contributed by atoms with Gasteiger partial charge in [0.2, 0.25) is 0 Å². The molecule has 1 rings (SSSR count). The molecule has 0 radical (unpaired) electrons. The van der Waals surface area contributed by atoms with Crippen LogP contribution < -0.4 is 0 Å². The van der Waals surface area contributed by atoms with Gasteiger partial charge >= 0.3 is 5.97 Å². The van der Waals surface area contributed by atoms with Crippen LogP contribution in [-0.4, -0.2) is 12.6 Å². The smallest absolute Gasteiger partial charge is 0.302 e. The first-order valence-electron chi connectivity index (χ1n) is 6.74. The molecule has 2 heteroatoms. The number of hydrogen-bond acceptors (Lipinski definition) is 2. The van der Waals surface area contributed by atoms with Crippen LogP contribution in [0.2, 0.25) is 0 Å². The highest BCUT2D eigenvalue weighted by Gasteiger charge is 1.99. The molecule has 1 aromatic carbocycles. The SMILES string of the molecule is C=C/C=C/c1ccccc1CCCCCOC(C)=O. The zero-order chi connectivity index (χ0) is 13.9. The van der Waals surface area contributed by atoms with Crippen molar-refractivity contribution in [3.63, 3.8) is 0 Å². The van der Waals surface area contributed by atoms with E-state index in [0.29, 0.717) is 6.61 Å². The maximum atomic E-state index is 10.6. The molecule has 19 heavy (non-hydrogen) atoms. The summed E-state index contributed by atoms with van der Waals surface area (Å²) >= 11 is 0. The second kappa shape index (κ2) is 9.15. The Balaban J connectivity index is 2.34. The summed E-state index contributed by atoms with van der Waals surface area (Å²) in [6, 6.07) is 8.40. The fourth-order valence-electron chi connectivity index (χ4n) is 1.91. The number of carbonyl (C=O) groups excluding carboxylic acids is 1. The maximum Gasteiger partial charge on any atom is 0.302 e. The largest absolute Gasteiger partial charge is 0.466 e. The van der Waals surface area contributed by atoms with Crippen molar-refractivity contribution in [2.45, 2.75) is 32.6 Å². The van der Waals surface area contributed by atoms with Gasteiger partial charge < -0.3 is 4.74 Å². The van der Waals surface area contributed by atoms with Gasteiger partial charge in [-0.3, -0.25) is 4.79 Å². The summed E-state index contributed by atoms with van der Waals surface area (Å²) in [5, 5.41) is 0. The minimum atomic E-state index is -0.195. The van der Waals surface area contributed by atoms with Crippen LogP contribution in [0.3, 0.4) is 0 Å². The molecule has 0 bridgehead atoms. The molecule has 102 valence electrons. The lowest BCUT2D eigenvalue weighted by Gasteiger charge is -2.06. The predicted molar refractivity (Wildman–Crippen MR) is 79.9 cm³/mol. The number of esters is 1. The molecule has 0 N–H and O–H groups in total. The van der Waals surface area contributed by atoms with E-state index in [1.807, 2.05) is 12.1 Å². The van der Waals surface area contributed by atoms with Crippen LogP contribution in [0, 0.1) is 0 Å². The fourth-order valence-corrected chi connectivity index (χ4v) is 1.91. The van der Waals surface area contributed by atoms with Crippen LogP contribution in [0.25, 0.3) is 6.08 Å². The van der Waals surface area contributed by atoms with Crippen molar-refractivity contribution in [1.82, 2.24) is 0 Å². The predicted octanol–water partition coefficient (Wildman–Crippen LogP) is 4.16. The number of ether oxygens (including phenoxy) is 1. The molecule has 0 amide bonds. The molecule has 0 atom stereocenters. The molecule has 0 heterocycles. The van der Waals surface area contributed by atoms with Gasteiger partial charge in [-0.25, -0.2) is 0 Å². The zero-order valence-electron chi connectivity index (χ0n) is 11.6. The van der Waals surface area contributed by atoms with Gasteiger partial charge in [0.05, 0.1) is 6.61 Å². The van der Waals surface area contributed by atoms with Crippen molar-refractivity contribution in [2.24, 2.45) is 0 Å². The topological polar surface area (TPSA) is 26.3 Å². The highest BCUT2D eigenvalue weighted by Crippen LogP contribution is 2.14. The third-order valence-corrected chi connectivity index (χ3v) is 2.86. The molecule has 0 saturated heterocycles. The van der Waals surface area contributed by atoms with E-state index in [2.05, 4.69) is 30.9 Å². The second-order valence-electron chi connectivity index (χ2n) is 4.44. The second-order valence-corrected chi connectivity index (χ2v) is 4.44. The Bertz CT molecular complexity index is 433. The van der Waals surface area contributed by atoms with Gasteiger partial charge in [0.25, 0.3) is 0 Å². The van der Waals surface area contributed by atoms with E-state index >= 15 is 0 Å². The van der Waals surface area contributed by atoms with Gasteiger partial charge in [0, 0.05) is 6.92 Å². The van der Waals surface area contributed by atoms with Crippen molar-refractivity contribution >= 4 is 12.0 Å². The number of hydrogen-bond donors (Lipinski definition) is 0. The van der Waals surface area contributed by atoms with Gasteiger partial charge in [0.1, 0.15) is 0 Å². The van der Waals surface area contributed by atoms with Gasteiger partial charge in [-0.2, -0.15) is 0 Å². The third kappa shape index (κ3) is 6.61. The monoisotopic (exact) mass is 258 g/mol. The maximum absolute atomic E-state index is 10.6. The zero-order valence-corrected chi connectivity index (χ0v) is 11.6. The van der Waals surface area contributed by atoms with Crippen LogP contribution in [0.4, 0.5) is 0 Å². The van der Waals surface area contributed by atoms with Crippen molar-refractivity contribution in [1.29, 1.82) is 0 Å². The van der Waals surface area contributed by atoms with Gasteiger partial charge in [-0.1, -0.05) is 49.1 Å². The van der Waals surface area contributed by atoms with Crippen LogP contribution in [-0.2, 0) is 16.0 Å². The lowest BCUT2D eigenvalue weighted by atomic mass is 10.0. The van der Waals surface area contributed by atoms with Crippen LogP contribution in [0.15, 0.2) is 43.0 Å². The summed E-state index contributed by atoms with van der Waals surface area (Å²) in [7, 11) is 0. The van der Waals surface area contributed by atoms with E-state index in [0.717, 1.165) is 25.7 Å². The Labute approximate surface area is 115 Å². The Kier molecular flexibility index (Phi) is 7.33. The van der Waals surface area contributed by atoms with E-state index in [1.54, 1.807) is 6.08 Å². The van der Waals surface area contributed by atoms with Crippen LogP contribution in [0.5, 0.6) is 0 Å².